The Morgan fingerprint density at radius 1 is 0.535 bits per heavy atom. The first-order valence-corrected chi connectivity index (χ1v) is 44.1. The Morgan fingerprint density at radius 2 is 1.02 bits per heavy atom. The van der Waals surface area contributed by atoms with Crippen LogP contribution in [0.4, 0.5) is 0 Å². The number of carbonyl (C=O) groups is 11. The molecule has 4 saturated heterocycles. The molecule has 5 heterocycles. The fraction of sp³-hybridized carbons (Fsp3) is 0.489. The number of azide groups is 1. The molecule has 6 aromatic carbocycles. The summed E-state index contributed by atoms with van der Waals surface area (Å²) in [7, 11) is -3.02. The third kappa shape index (κ3) is 24.6. The van der Waals surface area contributed by atoms with Gasteiger partial charge in [-0.1, -0.05) is 190 Å². The van der Waals surface area contributed by atoms with Crippen LogP contribution in [-0.4, -0.2) is 247 Å². The van der Waals surface area contributed by atoms with Crippen LogP contribution in [0.25, 0.3) is 10.4 Å². The molecule has 0 spiro atoms. The molecule has 5 aliphatic heterocycles. The van der Waals surface area contributed by atoms with Crippen molar-refractivity contribution in [3.05, 3.63) is 214 Å². The van der Waals surface area contributed by atoms with Crippen LogP contribution in [0.1, 0.15) is 133 Å². The minimum Gasteiger partial charge on any atom is -0.465 e. The second-order valence-corrected chi connectivity index (χ2v) is 36.7. The van der Waals surface area contributed by atoms with Crippen molar-refractivity contribution in [2.24, 2.45) is 5.11 Å². The third-order valence-corrected chi connectivity index (χ3v) is 27.0. The number of amides is 3. The van der Waals surface area contributed by atoms with Gasteiger partial charge >= 0.3 is 47.8 Å². The number of fused-ring (bicyclic) bond motifs is 1. The SMILES string of the molecule is COC(=O)[C@@]1(O[C@H]2[C@@H](OC(C)=O)[C@@H](COC(C)=O)O[C@@H](O[C@H]3[C@H](O[C@@H]4O[C@@H](C)[C@@H](OCc5ccccc5)[C@@H](OCc5ccccc5)[C@@H]4OCc4ccccc4)[C@@H](N4C(=O)c5ccccc5C4=O)[C@H](OCCCN=[N+]=[N-])O[C@@H]3CO[Si](c3ccccc3)(c3ccccc3)C(C)(C)C)[C@@H]2OC(C)=O)C[C@H](OC(C)=O)[C@@H](NC(C)=O)[C@H]([C@H](OC(C)=O)[C@@H](COC(C)=O)OC(C)=O)O1. The highest BCUT2D eigenvalue weighted by Crippen LogP contribution is 2.46. The minimum absolute atomic E-state index is 0.00396. The van der Waals surface area contributed by atoms with E-state index < -0.39 is 233 Å². The molecule has 36 nitrogen and oxygen atoms in total. The van der Waals surface area contributed by atoms with E-state index in [1.165, 1.54) is 12.1 Å². The molecule has 4 fully saturated rings. The number of nitrogens with one attached hydrogen (secondary N) is 1. The number of hydrogen-bond donors (Lipinski definition) is 1. The Kier molecular flexibility index (Phi) is 34.6. The summed E-state index contributed by atoms with van der Waals surface area (Å²) in [5.74, 6) is -15.0. The molecule has 6 aromatic rings. The molecule has 21 atom stereocenters. The number of nitrogens with zero attached hydrogens (tertiary/aromatic N) is 4. The van der Waals surface area contributed by atoms with Gasteiger partial charge in [0.15, 0.2) is 43.3 Å². The number of hydrogen-bond acceptors (Lipinski definition) is 32. The van der Waals surface area contributed by atoms with Crippen LogP contribution < -0.4 is 15.7 Å². The van der Waals surface area contributed by atoms with E-state index in [1.807, 2.05) is 172 Å². The van der Waals surface area contributed by atoms with Crippen LogP contribution >= 0.6 is 0 Å². The van der Waals surface area contributed by atoms with Gasteiger partial charge in [0, 0.05) is 73.5 Å². The average molecular weight is 1810 g/mol. The van der Waals surface area contributed by atoms with Gasteiger partial charge < -0.3 is 99.7 Å². The summed E-state index contributed by atoms with van der Waals surface area (Å²) in [6.07, 6.45) is -34.6. The number of benzene rings is 6. The summed E-state index contributed by atoms with van der Waals surface area (Å²) in [4.78, 5) is 161. The van der Waals surface area contributed by atoms with Crippen LogP contribution in [0.2, 0.25) is 5.04 Å². The van der Waals surface area contributed by atoms with E-state index in [0.717, 1.165) is 88.9 Å². The van der Waals surface area contributed by atoms with Crippen molar-refractivity contribution in [1.29, 1.82) is 0 Å². The summed E-state index contributed by atoms with van der Waals surface area (Å²) in [5.41, 5.74) is 11.6. The zero-order valence-corrected chi connectivity index (χ0v) is 74.8. The van der Waals surface area contributed by atoms with Gasteiger partial charge in [0.1, 0.15) is 80.3 Å². The molecule has 129 heavy (non-hydrogen) atoms. The highest BCUT2D eigenvalue weighted by Gasteiger charge is 2.66. The quantitative estimate of drug-likeness (QED) is 0.00558. The van der Waals surface area contributed by atoms with E-state index in [1.54, 1.807) is 19.1 Å². The number of esters is 8. The second kappa shape index (κ2) is 45.3. The molecule has 692 valence electrons. The maximum absolute atomic E-state index is 16.1. The van der Waals surface area contributed by atoms with Gasteiger partial charge in [-0.25, -0.2) is 4.79 Å². The average Bonchev–Trinajstić information content (AvgIpc) is 1.62. The van der Waals surface area contributed by atoms with Crippen LogP contribution in [0, 0.1) is 0 Å². The van der Waals surface area contributed by atoms with E-state index in [-0.39, 0.29) is 50.5 Å². The van der Waals surface area contributed by atoms with Crippen molar-refractivity contribution in [1.82, 2.24) is 10.2 Å². The fourth-order valence-corrected chi connectivity index (χ4v) is 21.3. The molecule has 0 saturated carbocycles. The van der Waals surface area contributed by atoms with Gasteiger partial charge in [-0.15, -0.1) is 0 Å². The van der Waals surface area contributed by atoms with Crippen molar-refractivity contribution in [2.45, 2.75) is 249 Å². The van der Waals surface area contributed by atoms with Crippen molar-refractivity contribution in [2.75, 3.05) is 40.1 Å². The van der Waals surface area contributed by atoms with E-state index in [4.69, 9.17) is 94.4 Å². The lowest BCUT2D eigenvalue weighted by atomic mass is 9.87. The highest BCUT2D eigenvalue weighted by atomic mass is 28.4. The van der Waals surface area contributed by atoms with Crippen LogP contribution in [-0.2, 0) is 157 Å². The third-order valence-electron chi connectivity index (χ3n) is 22.0. The van der Waals surface area contributed by atoms with E-state index in [0.29, 0.717) is 5.56 Å². The summed E-state index contributed by atoms with van der Waals surface area (Å²) in [6, 6.07) is 48.8. The molecule has 11 rings (SSSR count). The normalized spacial score (nSPS) is 26.7. The Hall–Kier alpha value is -11.3. The van der Waals surface area contributed by atoms with Crippen molar-refractivity contribution in [3.63, 3.8) is 0 Å². The molecule has 1 N–H and O–H groups in total. The zero-order chi connectivity index (χ0) is 92.9. The highest BCUT2D eigenvalue weighted by molar-refractivity contribution is 6.99. The lowest BCUT2D eigenvalue weighted by Gasteiger charge is -2.54. The smallest absolute Gasteiger partial charge is 0.366 e. The van der Waals surface area contributed by atoms with Gasteiger partial charge in [0.05, 0.1) is 63.2 Å². The largest absolute Gasteiger partial charge is 0.465 e. The first-order chi connectivity index (χ1) is 61.7. The predicted molar refractivity (Wildman–Crippen MR) is 453 cm³/mol. The van der Waals surface area contributed by atoms with Gasteiger partial charge in [-0.3, -0.25) is 52.8 Å². The predicted octanol–water partition coefficient (Wildman–Crippen LogP) is 8.00. The van der Waals surface area contributed by atoms with Crippen LogP contribution in [0.5, 0.6) is 0 Å². The maximum Gasteiger partial charge on any atom is 0.366 e. The molecule has 5 aliphatic rings. The van der Waals surface area contributed by atoms with Crippen molar-refractivity contribution in [3.8, 4) is 0 Å². The van der Waals surface area contributed by atoms with E-state index in [9.17, 15) is 43.9 Å². The molecule has 0 aliphatic carbocycles. The number of rotatable bonds is 39. The number of imide groups is 1. The molecule has 0 aromatic heterocycles. The number of ether oxygens (including phenoxy) is 19. The lowest BCUT2D eigenvalue weighted by Crippen LogP contribution is -2.73. The van der Waals surface area contributed by atoms with Crippen LogP contribution in [0.3, 0.4) is 0 Å². The topological polar surface area (TPSA) is 436 Å². The van der Waals surface area contributed by atoms with Crippen molar-refractivity contribution < 1.29 is 147 Å². The maximum atomic E-state index is 16.1. The van der Waals surface area contributed by atoms with E-state index >= 15 is 14.4 Å². The molecule has 0 radical (unpaired) electrons. The fourth-order valence-electron chi connectivity index (χ4n) is 16.7. The Morgan fingerprint density at radius 3 is 1.51 bits per heavy atom. The first kappa shape index (κ1) is 98.3. The summed E-state index contributed by atoms with van der Waals surface area (Å²) in [6.45, 7) is 12.5. The monoisotopic (exact) mass is 1810 g/mol. The molecule has 0 bridgehead atoms. The summed E-state index contributed by atoms with van der Waals surface area (Å²) in [5, 5.41) is 7.05. The summed E-state index contributed by atoms with van der Waals surface area (Å²) < 4.78 is 134. The van der Waals surface area contributed by atoms with Gasteiger partial charge in [-0.05, 0) is 63.1 Å². The van der Waals surface area contributed by atoms with Gasteiger partial charge in [0.25, 0.3) is 25.9 Å². The molecular formula is C92H109N5O31Si. The molecule has 3 amide bonds. The van der Waals surface area contributed by atoms with Gasteiger partial charge in [0.2, 0.25) is 5.91 Å². The standard InChI is InChI=1S/C92H109N5O31Si/c1-53-75(113-47-62-32-19-14-20-33-62)81(114-48-63-34-21-15-22-35-63)83(115-49-64-36-23-16-24-37-64)88(117-53)126-80-74(97-85(106)67-42-29-30-43-68(67)86(97)107)87(110-45-31-44-94-96-93)123-72(52-116-129(91(10,11)12,65-38-25-17-26-39-65)66-40-27-18-28-41-66)77(80)125-89-84(122-61(9)105)82(78(121-60(8)104)71(124-89)51-112-56(4)100)128-92(90(108)109-13)46-69(118-57(5)101)73(95-54(2)98)79(127-92)76(120-59(7)103)70(119-58(6)102)50-111-55(3)99/h14-30,32-43,53,69-84,87-89H,31,44-52H2,1-13H3,(H,95,98)/t53-,69-,70+,71+,72+,73+,74+,75+,76+,77+,78-,79+,80+,81+,82-,83-,84+,87+,88-,89-,92-/m0/s1. The van der Waals surface area contributed by atoms with E-state index in [2.05, 4.69) is 15.3 Å². The Balaban J connectivity index is 1.20. The molecule has 37 heteroatoms. The molecular weight excluding hydrogens is 1700 g/mol. The Bertz CT molecular complexity index is 4810. The minimum atomic E-state index is -3.89. The lowest BCUT2D eigenvalue weighted by molar-refractivity contribution is -0.395. The Labute approximate surface area is 746 Å². The molecule has 0 unspecified atom stereocenters. The number of carbonyl (C=O) groups excluding carboxylic acids is 11. The number of methoxy groups -OCH3 is 1. The van der Waals surface area contributed by atoms with Gasteiger partial charge in [-0.2, -0.15) is 0 Å². The summed E-state index contributed by atoms with van der Waals surface area (Å²) >= 11 is 0. The first-order valence-electron chi connectivity index (χ1n) is 42.2. The second-order valence-electron chi connectivity index (χ2n) is 32.4. The van der Waals surface area contributed by atoms with Crippen LogP contribution in [0.15, 0.2) is 181 Å². The van der Waals surface area contributed by atoms with Crippen molar-refractivity contribution >= 4 is 84.2 Å². The zero-order valence-electron chi connectivity index (χ0n) is 73.8.